The van der Waals surface area contributed by atoms with Crippen LogP contribution in [0.1, 0.15) is 13.3 Å². The van der Waals surface area contributed by atoms with Gasteiger partial charge in [0.1, 0.15) is 6.61 Å². The highest BCUT2D eigenvalue weighted by molar-refractivity contribution is 5.56. The van der Waals surface area contributed by atoms with Crippen molar-refractivity contribution < 1.29 is 33.6 Å². The molecular weight excluding hydrogens is 256 g/mol. The maximum absolute atomic E-state index is 10.3. The largest absolute Gasteiger partial charge is 0.505 e. The molecule has 0 spiro atoms. The second-order valence-corrected chi connectivity index (χ2v) is 3.66. The maximum atomic E-state index is 10.3. The highest BCUT2D eigenvalue weighted by Gasteiger charge is 2.11. The van der Waals surface area contributed by atoms with Crippen molar-refractivity contribution in [1.29, 1.82) is 0 Å². The van der Waals surface area contributed by atoms with Crippen LogP contribution < -0.4 is 0 Å². The molecule has 0 amide bonds. The lowest BCUT2D eigenvalue weighted by molar-refractivity contribution is -0.0454. The first-order valence-electron chi connectivity index (χ1n) is 6.32. The van der Waals surface area contributed by atoms with Crippen LogP contribution in [0.4, 0.5) is 4.79 Å². The number of methoxy groups -OCH3 is 1. The fraction of sp³-hybridized carbons (Fsp3) is 0.917. The lowest BCUT2D eigenvalue weighted by Crippen LogP contribution is -2.25. The molecule has 0 saturated heterocycles. The van der Waals surface area contributed by atoms with E-state index in [1.807, 2.05) is 6.92 Å². The Hall–Kier alpha value is -0.890. The zero-order valence-electron chi connectivity index (χ0n) is 11.6. The van der Waals surface area contributed by atoms with E-state index in [1.165, 1.54) is 0 Å². The van der Waals surface area contributed by atoms with E-state index in [1.54, 1.807) is 7.11 Å². The van der Waals surface area contributed by atoms with Gasteiger partial charge in [-0.15, -0.1) is 0 Å². The Kier molecular flexibility index (Phi) is 12.9. The van der Waals surface area contributed by atoms with E-state index in [9.17, 15) is 4.79 Å². The monoisotopic (exact) mass is 280 g/mol. The fourth-order valence-electron chi connectivity index (χ4n) is 1.27. The van der Waals surface area contributed by atoms with E-state index in [2.05, 4.69) is 4.74 Å². The molecule has 0 bridgehead atoms. The molecule has 0 heterocycles. The van der Waals surface area contributed by atoms with Gasteiger partial charge in [0.25, 0.3) is 0 Å². The van der Waals surface area contributed by atoms with Crippen LogP contribution >= 0.6 is 0 Å². The first-order valence-corrected chi connectivity index (χ1v) is 6.32. The summed E-state index contributed by atoms with van der Waals surface area (Å²) in [4.78, 5) is 10.3. The molecule has 0 aromatic rings. The molecule has 7 heteroatoms. The van der Waals surface area contributed by atoms with Crippen molar-refractivity contribution in [2.24, 2.45) is 0 Å². The molecule has 0 aliphatic carbocycles. The topological polar surface area (TPSA) is 83.5 Å². The molecule has 0 fully saturated rings. The molecule has 1 atom stereocenters. The minimum atomic E-state index is -1.31. The standard InChI is InChI=1S/C12H24O7/c1-3-16-6-7-17-8-9-18-11(4-5-15-2)10-19-12(13)14/h11H,3-10H2,1-2H3,(H,13,14). The molecule has 0 aromatic heterocycles. The van der Waals surface area contributed by atoms with Crippen LogP contribution in [0.15, 0.2) is 0 Å². The van der Waals surface area contributed by atoms with Crippen LogP contribution in [0.25, 0.3) is 0 Å². The molecule has 0 rings (SSSR count). The van der Waals surface area contributed by atoms with Crippen LogP contribution in [0, 0.1) is 0 Å². The summed E-state index contributed by atoms with van der Waals surface area (Å²) >= 11 is 0. The zero-order valence-corrected chi connectivity index (χ0v) is 11.6. The Bertz CT molecular complexity index is 210. The van der Waals surface area contributed by atoms with E-state index >= 15 is 0 Å². The number of hydrogen-bond acceptors (Lipinski definition) is 6. The molecule has 1 N–H and O–H groups in total. The van der Waals surface area contributed by atoms with Gasteiger partial charge >= 0.3 is 6.16 Å². The van der Waals surface area contributed by atoms with Crippen LogP contribution in [0.2, 0.25) is 0 Å². The van der Waals surface area contributed by atoms with Gasteiger partial charge in [-0.3, -0.25) is 0 Å². The van der Waals surface area contributed by atoms with Gasteiger partial charge in [-0.05, 0) is 6.92 Å². The van der Waals surface area contributed by atoms with Crippen LogP contribution in [0.3, 0.4) is 0 Å². The summed E-state index contributed by atoms with van der Waals surface area (Å²) in [6, 6.07) is 0. The average Bonchev–Trinajstić information content (AvgIpc) is 2.39. The third-order valence-electron chi connectivity index (χ3n) is 2.19. The van der Waals surface area contributed by atoms with E-state index in [0.717, 1.165) is 0 Å². The van der Waals surface area contributed by atoms with Gasteiger partial charge in [0.05, 0.1) is 32.5 Å². The van der Waals surface area contributed by atoms with E-state index < -0.39 is 6.16 Å². The Morgan fingerprint density at radius 3 is 2.42 bits per heavy atom. The number of ether oxygens (including phenoxy) is 5. The van der Waals surface area contributed by atoms with E-state index in [4.69, 9.17) is 24.1 Å². The van der Waals surface area contributed by atoms with Crippen LogP contribution in [0.5, 0.6) is 0 Å². The first-order chi connectivity index (χ1) is 9.20. The minimum absolute atomic E-state index is 0.00234. The normalized spacial score (nSPS) is 12.3. The zero-order chi connectivity index (χ0) is 14.3. The Morgan fingerprint density at radius 1 is 1.11 bits per heavy atom. The highest BCUT2D eigenvalue weighted by Crippen LogP contribution is 2.01. The van der Waals surface area contributed by atoms with E-state index in [-0.39, 0.29) is 12.7 Å². The predicted octanol–water partition coefficient (Wildman–Crippen LogP) is 1.16. The third kappa shape index (κ3) is 13.3. The molecule has 0 aromatic carbocycles. The molecule has 19 heavy (non-hydrogen) atoms. The molecule has 1 unspecified atom stereocenters. The lowest BCUT2D eigenvalue weighted by Gasteiger charge is -2.16. The molecule has 0 aliphatic rings. The van der Waals surface area contributed by atoms with Gasteiger partial charge in [0.15, 0.2) is 0 Å². The lowest BCUT2D eigenvalue weighted by atomic mass is 10.3. The van der Waals surface area contributed by atoms with Gasteiger partial charge in [-0.25, -0.2) is 4.79 Å². The number of rotatable bonds is 13. The van der Waals surface area contributed by atoms with E-state index in [0.29, 0.717) is 46.1 Å². The van der Waals surface area contributed by atoms with Crippen LogP contribution in [-0.2, 0) is 23.7 Å². The molecule has 0 aliphatic heterocycles. The molecule has 0 radical (unpaired) electrons. The Labute approximate surface area is 113 Å². The van der Waals surface area contributed by atoms with Crippen molar-refractivity contribution >= 4 is 6.16 Å². The second kappa shape index (κ2) is 13.5. The number of carboxylic acid groups (broad SMARTS) is 1. The molecular formula is C12H24O7. The Balaban J connectivity index is 3.57. The van der Waals surface area contributed by atoms with Gasteiger partial charge < -0.3 is 28.8 Å². The fourth-order valence-corrected chi connectivity index (χ4v) is 1.27. The van der Waals surface area contributed by atoms with Crippen molar-refractivity contribution in [3.8, 4) is 0 Å². The van der Waals surface area contributed by atoms with Gasteiger partial charge in [0, 0.05) is 26.7 Å². The summed E-state index contributed by atoms with van der Waals surface area (Å²) in [5.41, 5.74) is 0. The summed E-state index contributed by atoms with van der Waals surface area (Å²) in [7, 11) is 1.58. The summed E-state index contributed by atoms with van der Waals surface area (Å²) in [6.45, 7) is 4.97. The van der Waals surface area contributed by atoms with Crippen LogP contribution in [-0.4, -0.2) is 70.7 Å². The number of hydrogen-bond donors (Lipinski definition) is 1. The SMILES string of the molecule is CCOCCOCCOC(CCOC)COC(=O)O. The summed E-state index contributed by atoms with van der Waals surface area (Å²) in [5, 5.41) is 8.43. The number of carbonyl (C=O) groups is 1. The minimum Gasteiger partial charge on any atom is -0.450 e. The average molecular weight is 280 g/mol. The quantitative estimate of drug-likeness (QED) is 0.400. The molecule has 7 nitrogen and oxygen atoms in total. The Morgan fingerprint density at radius 2 is 1.79 bits per heavy atom. The predicted molar refractivity (Wildman–Crippen MR) is 67.5 cm³/mol. The smallest absolute Gasteiger partial charge is 0.450 e. The van der Waals surface area contributed by atoms with Gasteiger partial charge in [-0.2, -0.15) is 0 Å². The summed E-state index contributed by atoms with van der Waals surface area (Å²) in [5.74, 6) is 0. The highest BCUT2D eigenvalue weighted by atomic mass is 16.7. The van der Waals surface area contributed by atoms with Crippen molar-refractivity contribution in [3.05, 3.63) is 0 Å². The second-order valence-electron chi connectivity index (χ2n) is 3.66. The van der Waals surface area contributed by atoms with Gasteiger partial charge in [-0.1, -0.05) is 0 Å². The molecule has 0 saturated carbocycles. The first kappa shape index (κ1) is 18.1. The van der Waals surface area contributed by atoms with Crippen molar-refractivity contribution in [3.63, 3.8) is 0 Å². The van der Waals surface area contributed by atoms with Crippen molar-refractivity contribution in [2.75, 3.05) is 53.4 Å². The van der Waals surface area contributed by atoms with Crippen molar-refractivity contribution in [1.82, 2.24) is 0 Å². The van der Waals surface area contributed by atoms with Crippen molar-refractivity contribution in [2.45, 2.75) is 19.4 Å². The summed E-state index contributed by atoms with van der Waals surface area (Å²) in [6.07, 6.45) is -1.05. The summed E-state index contributed by atoms with van der Waals surface area (Å²) < 4.78 is 25.3. The molecule has 114 valence electrons. The maximum Gasteiger partial charge on any atom is 0.505 e. The third-order valence-corrected chi connectivity index (χ3v) is 2.19. The van der Waals surface area contributed by atoms with Gasteiger partial charge in [0.2, 0.25) is 0 Å².